The maximum Gasteiger partial charge on any atom is 0.450 e. The SMILES string of the molecule is O=C(CC(O)(O)C(F)(F)F)C(F)(F)F. The molecule has 0 aliphatic heterocycles. The summed E-state index contributed by atoms with van der Waals surface area (Å²) in [5.41, 5.74) is 0. The summed E-state index contributed by atoms with van der Waals surface area (Å²) in [5.74, 6) is -7.51. The van der Waals surface area contributed by atoms with Crippen LogP contribution in [0.1, 0.15) is 6.42 Å². The second-order valence-electron chi connectivity index (χ2n) is 2.41. The van der Waals surface area contributed by atoms with Crippen molar-refractivity contribution < 1.29 is 41.4 Å². The average molecular weight is 226 g/mol. The molecule has 0 spiro atoms. The lowest BCUT2D eigenvalue weighted by Crippen LogP contribution is -2.48. The molecular weight excluding hydrogens is 222 g/mol. The average Bonchev–Trinajstić information content (AvgIpc) is 1.80. The van der Waals surface area contributed by atoms with Gasteiger partial charge in [0, 0.05) is 0 Å². The van der Waals surface area contributed by atoms with Crippen molar-refractivity contribution in [1.29, 1.82) is 0 Å². The second-order valence-corrected chi connectivity index (χ2v) is 2.41. The van der Waals surface area contributed by atoms with Crippen LogP contribution < -0.4 is 0 Å². The normalized spacial score (nSPS) is 14.3. The Morgan fingerprint density at radius 3 is 1.57 bits per heavy atom. The molecule has 14 heavy (non-hydrogen) atoms. The first-order valence-corrected chi connectivity index (χ1v) is 2.99. The van der Waals surface area contributed by atoms with Gasteiger partial charge in [-0.3, -0.25) is 4.79 Å². The van der Waals surface area contributed by atoms with Gasteiger partial charge in [-0.05, 0) is 0 Å². The maximum absolute atomic E-state index is 11.6. The van der Waals surface area contributed by atoms with Crippen LogP contribution in [0, 0.1) is 0 Å². The van der Waals surface area contributed by atoms with Crippen molar-refractivity contribution in [3.8, 4) is 0 Å². The van der Waals surface area contributed by atoms with E-state index in [1.807, 2.05) is 0 Å². The third-order valence-electron chi connectivity index (χ3n) is 1.18. The van der Waals surface area contributed by atoms with Crippen LogP contribution >= 0.6 is 0 Å². The third kappa shape index (κ3) is 3.14. The first kappa shape index (κ1) is 13.2. The molecule has 0 unspecified atom stereocenters. The Hall–Kier alpha value is -0.830. The Balaban J connectivity index is 4.62. The number of hydrogen-bond acceptors (Lipinski definition) is 3. The summed E-state index contributed by atoms with van der Waals surface area (Å²) in [7, 11) is 0. The van der Waals surface area contributed by atoms with Gasteiger partial charge in [0.25, 0.3) is 5.79 Å². The summed E-state index contributed by atoms with van der Waals surface area (Å²) in [5, 5.41) is 16.2. The van der Waals surface area contributed by atoms with E-state index in [4.69, 9.17) is 10.2 Å². The van der Waals surface area contributed by atoms with Gasteiger partial charge in [0.15, 0.2) is 0 Å². The highest BCUT2D eigenvalue weighted by atomic mass is 19.4. The molecule has 0 aromatic carbocycles. The fourth-order valence-electron chi connectivity index (χ4n) is 0.424. The predicted octanol–water partition coefficient (Wildman–Crippen LogP) is 0.751. The quantitative estimate of drug-likeness (QED) is 0.539. The number of ketones is 1. The summed E-state index contributed by atoms with van der Waals surface area (Å²) < 4.78 is 69.0. The van der Waals surface area contributed by atoms with Crippen LogP contribution in [-0.2, 0) is 4.79 Å². The van der Waals surface area contributed by atoms with Crippen LogP contribution in [0.5, 0.6) is 0 Å². The van der Waals surface area contributed by atoms with Crippen molar-refractivity contribution in [2.45, 2.75) is 24.6 Å². The minimum atomic E-state index is -5.71. The van der Waals surface area contributed by atoms with Crippen LogP contribution in [0.15, 0.2) is 0 Å². The number of hydrogen-bond donors (Lipinski definition) is 2. The minimum absolute atomic E-state index is 2.47. The first-order chi connectivity index (χ1) is 5.88. The Labute approximate surface area is 72.9 Å². The molecule has 0 aliphatic rings. The molecule has 0 aromatic heterocycles. The van der Waals surface area contributed by atoms with Crippen LogP contribution in [0.4, 0.5) is 26.3 Å². The summed E-state index contributed by atoms with van der Waals surface area (Å²) >= 11 is 0. The lowest BCUT2D eigenvalue weighted by atomic mass is 10.1. The van der Waals surface area contributed by atoms with Crippen LogP contribution in [-0.4, -0.2) is 34.1 Å². The summed E-state index contributed by atoms with van der Waals surface area (Å²) in [6.45, 7) is 0. The number of carbonyl (C=O) groups excluding carboxylic acids is 1. The molecular formula is C5H4F6O3. The van der Waals surface area contributed by atoms with Crippen LogP contribution in [0.2, 0.25) is 0 Å². The van der Waals surface area contributed by atoms with Crippen LogP contribution in [0.3, 0.4) is 0 Å². The Kier molecular flexibility index (Phi) is 3.19. The number of rotatable bonds is 2. The molecule has 0 saturated heterocycles. The van der Waals surface area contributed by atoms with E-state index in [9.17, 15) is 31.1 Å². The molecule has 0 aliphatic carbocycles. The largest absolute Gasteiger partial charge is 0.450 e. The fraction of sp³-hybridized carbons (Fsp3) is 0.800. The van der Waals surface area contributed by atoms with Crippen molar-refractivity contribution in [1.82, 2.24) is 0 Å². The number of Topliss-reactive ketones (excluding diaryl/α,β-unsaturated/α-hetero) is 1. The summed E-state index contributed by atoms with van der Waals surface area (Å²) in [6.07, 6.45) is -13.7. The van der Waals surface area contributed by atoms with E-state index in [0.717, 1.165) is 0 Å². The van der Waals surface area contributed by atoms with E-state index in [1.165, 1.54) is 0 Å². The zero-order valence-corrected chi connectivity index (χ0v) is 6.28. The molecule has 9 heteroatoms. The van der Waals surface area contributed by atoms with E-state index in [2.05, 4.69) is 0 Å². The number of halogens is 6. The molecule has 2 N–H and O–H groups in total. The zero-order valence-electron chi connectivity index (χ0n) is 6.28. The van der Waals surface area contributed by atoms with Gasteiger partial charge in [-0.15, -0.1) is 0 Å². The standard InChI is InChI=1S/C5H4F6O3/c6-4(7,8)2(12)1-3(13,14)5(9,10)11/h13-14H,1H2. The first-order valence-electron chi connectivity index (χ1n) is 2.99. The lowest BCUT2D eigenvalue weighted by molar-refractivity contribution is -0.349. The summed E-state index contributed by atoms with van der Waals surface area (Å²) in [6, 6.07) is 0. The lowest BCUT2D eigenvalue weighted by Gasteiger charge is -2.23. The van der Waals surface area contributed by atoms with Gasteiger partial charge >= 0.3 is 12.4 Å². The molecule has 84 valence electrons. The molecule has 0 bridgehead atoms. The van der Waals surface area contributed by atoms with Gasteiger partial charge in [0.2, 0.25) is 5.78 Å². The predicted molar refractivity (Wildman–Crippen MR) is 28.9 cm³/mol. The highest BCUT2D eigenvalue weighted by Crippen LogP contribution is 2.33. The maximum atomic E-state index is 11.6. The van der Waals surface area contributed by atoms with Gasteiger partial charge in [-0.2, -0.15) is 26.3 Å². The molecule has 0 atom stereocenters. The highest BCUT2D eigenvalue weighted by Gasteiger charge is 2.57. The van der Waals surface area contributed by atoms with Crippen molar-refractivity contribution in [2.24, 2.45) is 0 Å². The number of aliphatic hydroxyl groups is 2. The third-order valence-corrected chi connectivity index (χ3v) is 1.18. The molecule has 0 fully saturated rings. The Bertz CT molecular complexity index is 227. The van der Waals surface area contributed by atoms with Gasteiger partial charge in [-0.25, -0.2) is 0 Å². The molecule has 0 aromatic rings. The number of carbonyl (C=O) groups is 1. The second kappa shape index (κ2) is 3.39. The Morgan fingerprint density at radius 1 is 1.00 bits per heavy atom. The van der Waals surface area contributed by atoms with E-state index in [-0.39, 0.29) is 0 Å². The topological polar surface area (TPSA) is 57.5 Å². The monoisotopic (exact) mass is 226 g/mol. The highest BCUT2D eigenvalue weighted by molar-refractivity contribution is 5.84. The number of alkyl halides is 6. The van der Waals surface area contributed by atoms with Gasteiger partial charge in [-0.1, -0.05) is 0 Å². The smallest absolute Gasteiger partial charge is 0.358 e. The summed E-state index contributed by atoms with van der Waals surface area (Å²) in [4.78, 5) is 9.98. The van der Waals surface area contributed by atoms with E-state index in [1.54, 1.807) is 0 Å². The molecule has 0 saturated carbocycles. The Morgan fingerprint density at radius 2 is 1.36 bits per heavy atom. The molecule has 0 heterocycles. The molecule has 0 radical (unpaired) electrons. The fourth-order valence-corrected chi connectivity index (χ4v) is 0.424. The molecule has 3 nitrogen and oxygen atoms in total. The van der Waals surface area contributed by atoms with Crippen LogP contribution in [0.25, 0.3) is 0 Å². The van der Waals surface area contributed by atoms with Crippen molar-refractivity contribution in [3.05, 3.63) is 0 Å². The van der Waals surface area contributed by atoms with E-state index >= 15 is 0 Å². The minimum Gasteiger partial charge on any atom is -0.358 e. The van der Waals surface area contributed by atoms with Gasteiger partial charge < -0.3 is 10.2 Å². The van der Waals surface area contributed by atoms with Crippen molar-refractivity contribution in [3.63, 3.8) is 0 Å². The van der Waals surface area contributed by atoms with Gasteiger partial charge in [0.05, 0.1) is 6.42 Å². The molecule has 0 rings (SSSR count). The zero-order chi connectivity index (χ0) is 11.8. The molecule has 0 amide bonds. The van der Waals surface area contributed by atoms with E-state index in [0.29, 0.717) is 0 Å². The van der Waals surface area contributed by atoms with Crippen molar-refractivity contribution >= 4 is 5.78 Å². The van der Waals surface area contributed by atoms with E-state index < -0.39 is 30.3 Å². The van der Waals surface area contributed by atoms with Crippen molar-refractivity contribution in [2.75, 3.05) is 0 Å². The van der Waals surface area contributed by atoms with Gasteiger partial charge in [0.1, 0.15) is 0 Å².